The van der Waals surface area contributed by atoms with E-state index in [2.05, 4.69) is 9.97 Å². The molecule has 116 valence electrons. The predicted molar refractivity (Wildman–Crippen MR) is 72.9 cm³/mol. The topological polar surface area (TPSA) is 153 Å². The fourth-order valence-electron chi connectivity index (χ4n) is 2.22. The highest BCUT2D eigenvalue weighted by Gasteiger charge is 2.55. The summed E-state index contributed by atoms with van der Waals surface area (Å²) in [5, 5.41) is 29.7. The minimum atomic E-state index is -2.77. The maximum Gasteiger partial charge on any atom is 0.323 e. The summed E-state index contributed by atoms with van der Waals surface area (Å²) in [7, 11) is -2.77. The summed E-state index contributed by atoms with van der Waals surface area (Å²) in [5.74, 6) is 0. The highest BCUT2D eigenvalue weighted by Crippen LogP contribution is 2.38. The van der Waals surface area contributed by atoms with E-state index in [-0.39, 0.29) is 10.2 Å². The van der Waals surface area contributed by atoms with E-state index < -0.39 is 46.5 Å². The standard InChI is InChI=1S/C10H12N2O7S2/c13-2-5-6(14)7(15)10(19-5,3-21(17)18)4-1-11-9(16)12-8(4)20/h1,3,5-7,13-15H,2H2,(H2,11,12,16,20)/t5-,6-,7-,10+/m1/s1. The molecule has 1 saturated heterocycles. The molecule has 9 nitrogen and oxygen atoms in total. The first-order chi connectivity index (χ1) is 9.81. The first-order valence-electron chi connectivity index (χ1n) is 5.73. The predicted octanol–water partition coefficient (Wildman–Crippen LogP) is -2.58. The van der Waals surface area contributed by atoms with Crippen LogP contribution >= 0.6 is 12.2 Å². The van der Waals surface area contributed by atoms with Gasteiger partial charge in [0.15, 0.2) is 5.60 Å². The van der Waals surface area contributed by atoms with Crippen LogP contribution in [0.2, 0.25) is 0 Å². The molecule has 0 spiro atoms. The van der Waals surface area contributed by atoms with E-state index in [1.807, 2.05) is 0 Å². The molecule has 0 bridgehead atoms. The number of rotatable bonds is 3. The lowest BCUT2D eigenvalue weighted by molar-refractivity contribution is -0.0502. The van der Waals surface area contributed by atoms with Gasteiger partial charge < -0.3 is 25.0 Å². The van der Waals surface area contributed by atoms with Gasteiger partial charge in [0.2, 0.25) is 10.3 Å². The van der Waals surface area contributed by atoms with Crippen LogP contribution in [0.5, 0.6) is 0 Å². The fraction of sp³-hybridized carbons (Fsp3) is 0.500. The maximum absolute atomic E-state index is 11.1. The van der Waals surface area contributed by atoms with E-state index in [1.54, 1.807) is 0 Å². The number of aliphatic hydroxyl groups excluding tert-OH is 3. The summed E-state index contributed by atoms with van der Waals surface area (Å²) >= 11 is 4.94. The average Bonchev–Trinajstić information content (AvgIpc) is 2.63. The van der Waals surface area contributed by atoms with E-state index in [9.17, 15) is 23.4 Å². The quantitative estimate of drug-likeness (QED) is 0.377. The number of aromatic nitrogens is 2. The Hall–Kier alpha value is -1.37. The third-order valence-corrected chi connectivity index (χ3v) is 4.05. The molecule has 0 radical (unpaired) electrons. The lowest BCUT2D eigenvalue weighted by Gasteiger charge is -2.27. The molecule has 11 heteroatoms. The molecule has 0 saturated carbocycles. The molecule has 1 aliphatic rings. The Morgan fingerprint density at radius 3 is 2.62 bits per heavy atom. The maximum atomic E-state index is 11.1. The first kappa shape index (κ1) is 16.0. The van der Waals surface area contributed by atoms with Gasteiger partial charge in [-0.3, -0.25) is 4.98 Å². The Bertz CT molecular complexity index is 775. The Morgan fingerprint density at radius 2 is 2.14 bits per heavy atom. The summed E-state index contributed by atoms with van der Waals surface area (Å²) < 4.78 is 27.3. The fourth-order valence-corrected chi connectivity index (χ4v) is 3.14. The Kier molecular flexibility index (Phi) is 4.41. The van der Waals surface area contributed by atoms with Gasteiger partial charge >= 0.3 is 5.69 Å². The van der Waals surface area contributed by atoms with Crippen molar-refractivity contribution >= 4 is 27.9 Å². The number of nitrogens with one attached hydrogen (secondary N) is 2. The van der Waals surface area contributed by atoms with Crippen molar-refractivity contribution in [3.63, 3.8) is 0 Å². The van der Waals surface area contributed by atoms with Crippen LogP contribution in [-0.4, -0.2) is 64.0 Å². The second-order valence-electron chi connectivity index (χ2n) is 4.43. The molecule has 1 fully saturated rings. The van der Waals surface area contributed by atoms with Crippen molar-refractivity contribution in [1.29, 1.82) is 0 Å². The number of aliphatic hydroxyl groups is 3. The molecule has 2 heterocycles. The molecule has 4 atom stereocenters. The van der Waals surface area contributed by atoms with Crippen LogP contribution in [0.15, 0.2) is 11.0 Å². The van der Waals surface area contributed by atoms with Gasteiger partial charge in [-0.05, 0) is 0 Å². The Morgan fingerprint density at radius 1 is 1.48 bits per heavy atom. The van der Waals surface area contributed by atoms with Crippen LogP contribution in [-0.2, 0) is 20.6 Å². The van der Waals surface area contributed by atoms with E-state index in [0.717, 1.165) is 6.20 Å². The zero-order valence-electron chi connectivity index (χ0n) is 10.4. The Labute approximate surface area is 124 Å². The lowest BCUT2D eigenvalue weighted by atomic mass is 9.90. The molecule has 0 aliphatic carbocycles. The smallest absolute Gasteiger partial charge is 0.323 e. The van der Waals surface area contributed by atoms with Crippen molar-refractivity contribution < 1.29 is 28.5 Å². The molecule has 0 amide bonds. The van der Waals surface area contributed by atoms with Crippen LogP contribution in [0.4, 0.5) is 0 Å². The third-order valence-electron chi connectivity index (χ3n) is 3.18. The minimum Gasteiger partial charge on any atom is -0.394 e. The number of aromatic amines is 2. The molecule has 5 N–H and O–H groups in total. The van der Waals surface area contributed by atoms with Crippen molar-refractivity contribution in [2.75, 3.05) is 6.61 Å². The number of ether oxygens (including phenoxy) is 1. The van der Waals surface area contributed by atoms with Crippen LogP contribution in [0, 0.1) is 4.64 Å². The molecule has 1 aromatic rings. The van der Waals surface area contributed by atoms with Crippen molar-refractivity contribution in [3.05, 3.63) is 26.9 Å². The second-order valence-corrected chi connectivity index (χ2v) is 5.60. The minimum absolute atomic E-state index is 0.0520. The SMILES string of the molecule is O=c1[nH]cc([C@]2(C=S(=O)=O)O[C@H](CO)[C@@H](O)[C@H]2O)c(=S)[nH]1. The molecular formula is C10H12N2O7S2. The summed E-state index contributed by atoms with van der Waals surface area (Å²) in [6.07, 6.45) is -3.36. The van der Waals surface area contributed by atoms with Gasteiger partial charge in [0, 0.05) is 11.8 Å². The van der Waals surface area contributed by atoms with Crippen molar-refractivity contribution in [2.24, 2.45) is 0 Å². The molecular weight excluding hydrogens is 324 g/mol. The van der Waals surface area contributed by atoms with Crippen LogP contribution < -0.4 is 5.69 Å². The van der Waals surface area contributed by atoms with Crippen molar-refractivity contribution in [2.45, 2.75) is 23.9 Å². The van der Waals surface area contributed by atoms with E-state index >= 15 is 0 Å². The van der Waals surface area contributed by atoms with Gasteiger partial charge in [-0.15, -0.1) is 0 Å². The van der Waals surface area contributed by atoms with Gasteiger partial charge in [-0.1, -0.05) is 12.2 Å². The van der Waals surface area contributed by atoms with Crippen LogP contribution in [0.1, 0.15) is 5.56 Å². The molecule has 1 aromatic heterocycles. The summed E-state index contributed by atoms with van der Waals surface area (Å²) in [6, 6.07) is 0. The summed E-state index contributed by atoms with van der Waals surface area (Å²) in [6.45, 7) is -0.640. The van der Waals surface area contributed by atoms with Gasteiger partial charge in [0.25, 0.3) is 0 Å². The van der Waals surface area contributed by atoms with E-state index in [0.29, 0.717) is 5.37 Å². The normalized spacial score (nSPS) is 32.0. The van der Waals surface area contributed by atoms with Gasteiger partial charge in [0.1, 0.15) is 23.0 Å². The zero-order valence-corrected chi connectivity index (χ0v) is 12.0. The number of hydrogen-bond donors (Lipinski definition) is 5. The largest absolute Gasteiger partial charge is 0.394 e. The first-order valence-corrected chi connectivity index (χ1v) is 7.28. The van der Waals surface area contributed by atoms with Crippen LogP contribution in [0.3, 0.4) is 0 Å². The van der Waals surface area contributed by atoms with Crippen molar-refractivity contribution in [1.82, 2.24) is 9.97 Å². The summed E-state index contributed by atoms with van der Waals surface area (Å²) in [5.41, 5.74) is -2.69. The number of hydrogen-bond acceptors (Lipinski definition) is 8. The average molecular weight is 336 g/mol. The van der Waals surface area contributed by atoms with Crippen molar-refractivity contribution in [3.8, 4) is 0 Å². The molecule has 1 aliphatic heterocycles. The van der Waals surface area contributed by atoms with E-state index in [4.69, 9.17) is 22.1 Å². The van der Waals surface area contributed by atoms with Crippen LogP contribution in [0.25, 0.3) is 0 Å². The van der Waals surface area contributed by atoms with Gasteiger partial charge in [-0.25, -0.2) is 4.79 Å². The Balaban J connectivity index is 2.73. The third kappa shape index (κ3) is 2.71. The van der Waals surface area contributed by atoms with Gasteiger partial charge in [0.05, 0.1) is 12.0 Å². The second kappa shape index (κ2) is 5.79. The summed E-state index contributed by atoms with van der Waals surface area (Å²) in [4.78, 5) is 15.6. The highest BCUT2D eigenvalue weighted by molar-refractivity contribution is 7.72. The van der Waals surface area contributed by atoms with Gasteiger partial charge in [-0.2, -0.15) is 8.42 Å². The molecule has 0 aromatic carbocycles. The highest BCUT2D eigenvalue weighted by atomic mass is 32.2. The lowest BCUT2D eigenvalue weighted by Crippen LogP contribution is -2.43. The molecule has 21 heavy (non-hydrogen) atoms. The zero-order chi connectivity index (χ0) is 15.8. The van der Waals surface area contributed by atoms with E-state index in [1.165, 1.54) is 0 Å². The number of H-pyrrole nitrogens is 2. The monoisotopic (exact) mass is 336 g/mol. The molecule has 0 unspecified atom stereocenters. The molecule has 2 rings (SSSR count).